The summed E-state index contributed by atoms with van der Waals surface area (Å²) in [5.74, 6) is 0. The van der Waals surface area contributed by atoms with E-state index in [-0.39, 0.29) is 72.8 Å². The van der Waals surface area contributed by atoms with Crippen molar-refractivity contribution in [3.8, 4) is 0 Å². The van der Waals surface area contributed by atoms with Crippen molar-refractivity contribution in [1.29, 1.82) is 0 Å². The Bertz CT molecular complexity index is 23.8. The second-order valence-corrected chi connectivity index (χ2v) is 0. The molecule has 0 aromatic heterocycles. The van der Waals surface area contributed by atoms with Crippen LogP contribution in [0.25, 0.3) is 36.9 Å². The maximum Gasteiger partial charge on any atom is 4.00 e. The summed E-state index contributed by atoms with van der Waals surface area (Å²) in [7, 11) is 9.22. The Morgan fingerprint density at radius 2 is 0.462 bits per heavy atom. The molecule has 0 heterocycles. The number of hydrogen-bond acceptors (Lipinski definition) is 0. The molecule has 0 amide bonds. The van der Waals surface area contributed by atoms with Crippen LogP contribution in [0.2, 0.25) is 0 Å². The molecule has 0 unspecified atom stereocenters. The molecule has 0 spiro atoms. The van der Waals surface area contributed by atoms with Crippen LogP contribution in [0, 0.1) is 14.9 Å². The van der Waals surface area contributed by atoms with Crippen LogP contribution < -0.4 is 0 Å². The molecular formula is C2H18Cl2N6Pt3-4. The fourth-order valence-electron chi connectivity index (χ4n) is 0. The van der Waals surface area contributed by atoms with Gasteiger partial charge in [0.05, 0.1) is 0 Å². The van der Waals surface area contributed by atoms with E-state index in [9.17, 15) is 0 Å². The summed E-state index contributed by atoms with van der Waals surface area (Å²) in [5.41, 5.74) is 0. The monoisotopic (exact) mass is 781 g/mol. The van der Waals surface area contributed by atoms with E-state index in [4.69, 9.17) is 0 Å². The topological polar surface area (TPSA) is 201 Å². The zero-order valence-electron chi connectivity index (χ0n) is 7.17. The van der Waals surface area contributed by atoms with Crippen molar-refractivity contribution in [2.24, 2.45) is 0 Å². The molecule has 0 aromatic rings. The van der Waals surface area contributed by atoms with E-state index in [2.05, 4.69) is 18.8 Å². The fraction of sp³-hybridized carbons (Fsp3) is 0. The third-order valence-electron chi connectivity index (χ3n) is 0. The Hall–Kier alpha value is 2.40. The predicted octanol–water partition coefficient (Wildman–Crippen LogP) is 6.57. The first-order valence-corrected chi connectivity index (χ1v) is 5.87. The van der Waals surface area contributed by atoms with Crippen LogP contribution in [0.5, 0.6) is 0 Å². The van der Waals surface area contributed by atoms with Gasteiger partial charge in [-0.15, -0.1) is 0 Å². The van der Waals surface area contributed by atoms with Crippen LogP contribution in [-0.4, -0.2) is 0 Å². The second kappa shape index (κ2) is 448. The van der Waals surface area contributed by atoms with Gasteiger partial charge in [-0.2, -0.15) is 0 Å². The van der Waals surface area contributed by atoms with Crippen LogP contribution in [0.15, 0.2) is 0 Å². The van der Waals surface area contributed by atoms with Gasteiger partial charge in [0.25, 0.3) is 0 Å². The van der Waals surface area contributed by atoms with Crippen LogP contribution in [-0.2, 0) is 58.6 Å². The normalized spacial score (nSPS) is 1.08. The maximum absolute atomic E-state index is 4.61. The van der Waals surface area contributed by atoms with Gasteiger partial charge in [-0.25, -0.2) is 0 Å². The van der Waals surface area contributed by atoms with Crippen molar-refractivity contribution in [2.45, 2.75) is 0 Å². The van der Waals surface area contributed by atoms with Gasteiger partial charge in [0.2, 0.25) is 0 Å². The molecule has 12 N–H and O–H groups in total. The van der Waals surface area contributed by atoms with E-state index in [0.717, 1.165) is 0 Å². The zero-order chi connectivity index (χ0) is 4.00. The summed E-state index contributed by atoms with van der Waals surface area (Å²) in [4.78, 5) is 0. The van der Waals surface area contributed by atoms with E-state index < -0.39 is 0 Å². The molecule has 0 saturated carbocycles. The summed E-state index contributed by atoms with van der Waals surface area (Å²) >= 11 is 3.22. The van der Waals surface area contributed by atoms with Gasteiger partial charge >= 0.3 is 77.4 Å². The Kier molecular flexibility index (Phi) is 5670. The quantitative estimate of drug-likeness (QED) is 0.240. The first-order chi connectivity index (χ1) is 2.00. The maximum atomic E-state index is 4.61. The molecule has 6 nitrogen and oxygen atoms in total. The zero-order valence-corrected chi connectivity index (χ0v) is 15.5. The van der Waals surface area contributed by atoms with Gasteiger partial charge in [0.1, 0.15) is 0 Å². The van der Waals surface area contributed by atoms with Gasteiger partial charge < -0.3 is 51.8 Å². The largest absolute Gasteiger partial charge is 4.00 e. The first kappa shape index (κ1) is 165. The molecular weight excluding hydrogens is 764 g/mol. The molecule has 0 radical (unpaired) electrons. The van der Waals surface area contributed by atoms with E-state index >= 15 is 0 Å². The number of nitrogens with two attached hydrogens (primary N) is 6. The second-order valence-electron chi connectivity index (χ2n) is 0. The Balaban J connectivity index is -0.000000000404. The Labute approximate surface area is 128 Å². The third kappa shape index (κ3) is 383. The minimum atomic E-state index is 0. The van der Waals surface area contributed by atoms with Gasteiger partial charge in [-0.3, -0.25) is 0 Å². The number of rotatable bonds is 0. The molecule has 0 saturated heterocycles. The van der Waals surface area contributed by atoms with E-state index in [1.807, 2.05) is 0 Å². The summed E-state index contributed by atoms with van der Waals surface area (Å²) in [6, 6.07) is 0. The molecule has 11 heteroatoms. The van der Waals surface area contributed by atoms with Crippen molar-refractivity contribution in [1.82, 2.24) is 0 Å². The molecule has 0 aliphatic rings. The molecule has 0 fully saturated rings. The Morgan fingerprint density at radius 1 is 0.462 bits per heavy atom. The van der Waals surface area contributed by atoms with Gasteiger partial charge in [-0.1, -0.05) is 0 Å². The van der Waals surface area contributed by atoms with Crippen molar-refractivity contribution in [3.63, 3.8) is 0 Å². The molecule has 0 atom stereocenters. The minimum absolute atomic E-state index is 0. The molecule has 0 bridgehead atoms. The van der Waals surface area contributed by atoms with Crippen molar-refractivity contribution in [3.05, 3.63) is 51.8 Å². The minimum Gasteiger partial charge on any atom is -0.693 e. The van der Waals surface area contributed by atoms with Crippen molar-refractivity contribution in [2.75, 3.05) is 0 Å². The molecule has 104 valence electrons. The van der Waals surface area contributed by atoms with Crippen LogP contribution >= 0.6 is 18.8 Å². The van der Waals surface area contributed by atoms with Crippen molar-refractivity contribution < 1.29 is 58.6 Å². The summed E-state index contributed by atoms with van der Waals surface area (Å²) < 4.78 is 0. The molecule has 0 aliphatic heterocycles. The molecule has 13 heavy (non-hydrogen) atoms. The number of hydrogen-bond donors (Lipinski definition) is 0. The summed E-state index contributed by atoms with van der Waals surface area (Å²) in [6.45, 7) is 0. The van der Waals surface area contributed by atoms with E-state index in [0.29, 0.717) is 0 Å². The summed E-state index contributed by atoms with van der Waals surface area (Å²) in [5, 5.41) is 0. The average molecular weight is 782 g/mol. The van der Waals surface area contributed by atoms with Crippen LogP contribution in [0.1, 0.15) is 0 Å². The third-order valence-corrected chi connectivity index (χ3v) is 0. The van der Waals surface area contributed by atoms with Gasteiger partial charge in [-0.05, 0) is 0 Å². The standard InChI is InChI=1S/2CH3.2ClH.6H2N.3Pt/h2*1H3;2*1H;6*1H2;;;/q2*-1;;;6*-1;2*+1;+4/p-2. The molecule has 0 aromatic carbocycles. The average Bonchev–Trinajstić information content (AvgIpc) is 1.50. The molecule has 0 rings (SSSR count). The fourth-order valence-corrected chi connectivity index (χ4v) is 0. The smallest absolute Gasteiger partial charge is 0.693 e. The predicted molar refractivity (Wildman–Crippen MR) is 56.2 cm³/mol. The van der Waals surface area contributed by atoms with E-state index in [1.165, 1.54) is 0 Å². The first-order valence-electron chi connectivity index (χ1n) is 0.239. The SMILES string of the molecule is [CH3-].[CH3-].[Cl][Pt].[Cl][Pt].[NH2-].[NH2-].[NH2-].[NH2-].[NH2-].[NH2-].[Pt+4]. The van der Waals surface area contributed by atoms with Gasteiger partial charge in [0, 0.05) is 0 Å². The molecule has 0 aliphatic carbocycles. The Morgan fingerprint density at radius 3 is 0.462 bits per heavy atom. The van der Waals surface area contributed by atoms with Crippen LogP contribution in [0.4, 0.5) is 0 Å². The van der Waals surface area contributed by atoms with E-state index in [1.54, 1.807) is 37.5 Å². The number of halogens is 2. The van der Waals surface area contributed by atoms with Crippen LogP contribution in [0.3, 0.4) is 0 Å². The summed E-state index contributed by atoms with van der Waals surface area (Å²) in [6.07, 6.45) is 0. The van der Waals surface area contributed by atoms with Crippen molar-refractivity contribution >= 4 is 18.8 Å². The van der Waals surface area contributed by atoms with Gasteiger partial charge in [0.15, 0.2) is 0 Å².